The summed E-state index contributed by atoms with van der Waals surface area (Å²) >= 11 is 0. The summed E-state index contributed by atoms with van der Waals surface area (Å²) in [6.07, 6.45) is 0. The Hall–Kier alpha value is -14.3. The molecule has 1 aliphatic carbocycles. The molecular formula is C103H73N5. The van der Waals surface area contributed by atoms with Gasteiger partial charge in [-0.2, -0.15) is 0 Å². The van der Waals surface area contributed by atoms with Gasteiger partial charge in [-0.05, 0) is 190 Å². The van der Waals surface area contributed by atoms with Crippen molar-refractivity contribution in [1.82, 2.24) is 13.7 Å². The van der Waals surface area contributed by atoms with Crippen LogP contribution < -0.4 is 9.80 Å². The van der Waals surface area contributed by atoms with Crippen LogP contribution in [0.1, 0.15) is 22.3 Å². The smallest absolute Gasteiger partial charge is 0.0713 e. The number of hydrogen-bond donors (Lipinski definition) is 0. The summed E-state index contributed by atoms with van der Waals surface area (Å²) in [7, 11) is 0. The van der Waals surface area contributed by atoms with Gasteiger partial charge in [0.2, 0.25) is 0 Å². The summed E-state index contributed by atoms with van der Waals surface area (Å²) in [6.45, 7) is 0. The number of anilines is 6. The number of benzene rings is 17. The van der Waals surface area contributed by atoms with Gasteiger partial charge in [0.15, 0.2) is 0 Å². The summed E-state index contributed by atoms with van der Waals surface area (Å²) < 4.78 is 7.05. The molecule has 5 heteroatoms. The molecule has 0 radical (unpaired) electrons. The molecule has 0 spiro atoms. The second kappa shape index (κ2) is 28.1. The number of nitrogens with zero attached hydrogens (tertiary/aromatic N) is 5. The Morgan fingerprint density at radius 2 is 0.380 bits per heavy atom. The van der Waals surface area contributed by atoms with Gasteiger partial charge >= 0.3 is 0 Å². The molecule has 21 rings (SSSR count). The van der Waals surface area contributed by atoms with Crippen LogP contribution in [0.4, 0.5) is 34.1 Å². The topological polar surface area (TPSA) is 21.3 Å². The summed E-state index contributed by atoms with van der Waals surface area (Å²) in [5, 5.41) is 7.75. The van der Waals surface area contributed by atoms with Crippen molar-refractivity contribution < 1.29 is 0 Å². The van der Waals surface area contributed by atoms with E-state index in [0.29, 0.717) is 0 Å². The minimum Gasteiger partial charge on any atom is -0.311 e. The molecule has 0 amide bonds. The lowest BCUT2D eigenvalue weighted by Crippen LogP contribution is -2.28. The van der Waals surface area contributed by atoms with Gasteiger partial charge < -0.3 is 23.5 Å². The summed E-state index contributed by atoms with van der Waals surface area (Å²) in [5.74, 6) is 0. The summed E-state index contributed by atoms with van der Waals surface area (Å²) in [5.41, 5.74) is 27.3. The third-order valence-electron chi connectivity index (χ3n) is 21.5. The van der Waals surface area contributed by atoms with Crippen LogP contribution in [0.2, 0.25) is 0 Å². The van der Waals surface area contributed by atoms with Gasteiger partial charge in [0.25, 0.3) is 0 Å². The minimum absolute atomic E-state index is 0.501. The van der Waals surface area contributed by atoms with Gasteiger partial charge in [-0.15, -0.1) is 0 Å². The van der Waals surface area contributed by atoms with E-state index in [1.54, 1.807) is 0 Å². The molecule has 1 aliphatic rings. The van der Waals surface area contributed by atoms with E-state index in [1.165, 1.54) is 127 Å². The summed E-state index contributed by atoms with van der Waals surface area (Å²) in [6, 6.07) is 159. The molecule has 0 bridgehead atoms. The van der Waals surface area contributed by atoms with Crippen molar-refractivity contribution in [2.45, 2.75) is 5.41 Å². The van der Waals surface area contributed by atoms with E-state index in [1.807, 2.05) is 0 Å². The maximum absolute atomic E-state index is 2.36. The first-order valence-electron chi connectivity index (χ1n) is 37.1. The predicted octanol–water partition coefficient (Wildman–Crippen LogP) is 27.3. The highest BCUT2D eigenvalue weighted by Crippen LogP contribution is 2.57. The average Bonchev–Trinajstić information content (AvgIpc) is 1.53. The van der Waals surface area contributed by atoms with Crippen LogP contribution >= 0.6 is 0 Å². The van der Waals surface area contributed by atoms with Crippen molar-refractivity contribution in [3.63, 3.8) is 0 Å². The highest BCUT2D eigenvalue weighted by atomic mass is 15.1. The third kappa shape index (κ3) is 11.4. The van der Waals surface area contributed by atoms with Crippen molar-refractivity contribution in [2.24, 2.45) is 0 Å². The van der Waals surface area contributed by atoms with Crippen LogP contribution in [0.5, 0.6) is 0 Å². The lowest BCUT2D eigenvalue weighted by atomic mass is 9.67. The molecule has 0 saturated heterocycles. The lowest BCUT2D eigenvalue weighted by molar-refractivity contribution is 0.768. The van der Waals surface area contributed by atoms with Crippen LogP contribution in [-0.2, 0) is 5.41 Å². The molecule has 0 fully saturated rings. The summed E-state index contributed by atoms with van der Waals surface area (Å²) in [4.78, 5) is 4.65. The molecule has 3 aromatic heterocycles. The first kappa shape index (κ1) is 64.6. The number of aromatic nitrogens is 3. The van der Waals surface area contributed by atoms with E-state index in [0.717, 1.165) is 34.1 Å². The molecule has 0 atom stereocenters. The molecule has 17 aromatic carbocycles. The number of hydrogen-bond acceptors (Lipinski definition) is 2. The van der Waals surface area contributed by atoms with E-state index in [-0.39, 0.29) is 0 Å². The normalized spacial score (nSPS) is 12.0. The first-order valence-corrected chi connectivity index (χ1v) is 37.1. The van der Waals surface area contributed by atoms with E-state index >= 15 is 0 Å². The van der Waals surface area contributed by atoms with Crippen LogP contribution in [0, 0.1) is 0 Å². The van der Waals surface area contributed by atoms with E-state index < -0.39 is 5.41 Å². The molecule has 0 aliphatic heterocycles. The van der Waals surface area contributed by atoms with Crippen LogP contribution in [-0.4, -0.2) is 13.7 Å². The molecule has 3 heterocycles. The van der Waals surface area contributed by atoms with Gasteiger partial charge in [0.05, 0.1) is 38.5 Å². The lowest BCUT2D eigenvalue weighted by Gasteiger charge is -2.35. The van der Waals surface area contributed by atoms with E-state index in [9.17, 15) is 0 Å². The monoisotopic (exact) mass is 1380 g/mol. The second-order valence-corrected chi connectivity index (χ2v) is 27.5. The SMILES string of the molecule is c1ccc(-n2c3ccccc3c3ccccc32)cc1.c1ccc(N(c2ccccc2)c2ccc(C3(c4ccc(N(c5ccccc5)c5ccccc5)cc4)c4ccccc4-c4ccccc43)cc2)cc1.c1ccc2c(c1)c1ccccc1n2-c1ccc(-c2ccc(-n3c4ccccc4c4ccccc43)cc2)cc1. The number of rotatable bonds is 12. The van der Waals surface area contributed by atoms with Crippen molar-refractivity contribution in [3.05, 3.63) is 465 Å². The molecule has 510 valence electrons. The number of para-hydroxylation sites is 11. The standard InChI is InChI=1S/C49H36N2.C36H24N2.C18H13N/c1-5-17-39(18-6-1)50(40-19-7-2-8-20-40)43-33-29-37(30-34-43)49(47-27-15-13-25-45(47)46-26-14-16-28-48(46)49)38-31-35-44(36-32-38)51(41-21-9-3-10-22-41)42-23-11-4-12-24-42;1-5-13-33-29(9-1)30-10-2-6-14-34(30)37(33)27-21-17-25(18-22-27)26-19-23-28(24-20-26)38-35-15-7-3-11-31(35)32-12-4-8-16-36(32)38;1-2-8-14(9-3-1)19-17-12-6-4-10-15(17)16-11-5-7-13-18(16)19/h1-36H;1-24H;1-13H. The zero-order valence-corrected chi connectivity index (χ0v) is 59.4. The molecule has 0 N–H and O–H groups in total. The Kier molecular flexibility index (Phi) is 16.8. The van der Waals surface area contributed by atoms with Gasteiger partial charge in [0.1, 0.15) is 0 Å². The fourth-order valence-corrected chi connectivity index (χ4v) is 16.7. The molecule has 0 unspecified atom stereocenters. The van der Waals surface area contributed by atoms with Gasteiger partial charge in [-0.1, -0.05) is 297 Å². The van der Waals surface area contributed by atoms with Gasteiger partial charge in [-0.3, -0.25) is 0 Å². The fourth-order valence-electron chi connectivity index (χ4n) is 16.7. The Bertz CT molecular complexity index is 6000. The average molecular weight is 1380 g/mol. The predicted molar refractivity (Wildman–Crippen MR) is 454 cm³/mol. The molecule has 20 aromatic rings. The fraction of sp³-hybridized carbons (Fsp3) is 0.00971. The van der Waals surface area contributed by atoms with Crippen molar-refractivity contribution in [2.75, 3.05) is 9.80 Å². The highest BCUT2D eigenvalue weighted by molar-refractivity contribution is 6.11. The first-order chi connectivity index (χ1) is 53.6. The van der Waals surface area contributed by atoms with Gasteiger partial charge in [0, 0.05) is 83.5 Å². The molecule has 5 nitrogen and oxygen atoms in total. The Balaban J connectivity index is 0.000000121. The Morgan fingerprint density at radius 1 is 0.167 bits per heavy atom. The minimum atomic E-state index is -0.501. The van der Waals surface area contributed by atoms with Crippen molar-refractivity contribution >= 4 is 99.5 Å². The van der Waals surface area contributed by atoms with Crippen LogP contribution in [0.25, 0.3) is 105 Å². The molecular weight excluding hydrogens is 1310 g/mol. The third-order valence-corrected chi connectivity index (χ3v) is 21.5. The Labute approximate surface area is 628 Å². The zero-order valence-electron chi connectivity index (χ0n) is 59.4. The maximum atomic E-state index is 2.36. The van der Waals surface area contributed by atoms with Crippen molar-refractivity contribution in [1.29, 1.82) is 0 Å². The van der Waals surface area contributed by atoms with Crippen LogP contribution in [0.15, 0.2) is 443 Å². The van der Waals surface area contributed by atoms with Crippen molar-refractivity contribution in [3.8, 4) is 39.3 Å². The molecule has 108 heavy (non-hydrogen) atoms. The van der Waals surface area contributed by atoms with E-state index in [4.69, 9.17) is 0 Å². The van der Waals surface area contributed by atoms with Crippen LogP contribution in [0.3, 0.4) is 0 Å². The second-order valence-electron chi connectivity index (χ2n) is 27.5. The molecule has 0 saturated carbocycles. The maximum Gasteiger partial charge on any atom is 0.0713 e. The highest BCUT2D eigenvalue weighted by Gasteiger charge is 2.46. The zero-order chi connectivity index (χ0) is 71.7. The van der Waals surface area contributed by atoms with E-state index in [2.05, 4.69) is 466 Å². The number of fused-ring (bicyclic) bond motifs is 12. The largest absolute Gasteiger partial charge is 0.311 e. The Morgan fingerprint density at radius 3 is 0.657 bits per heavy atom. The van der Waals surface area contributed by atoms with Gasteiger partial charge in [-0.25, -0.2) is 0 Å². The quantitative estimate of drug-likeness (QED) is 0.122.